The Morgan fingerprint density at radius 3 is 1.67 bits per heavy atom. The van der Waals surface area contributed by atoms with Crippen LogP contribution in [0, 0.1) is 5.92 Å². The van der Waals surface area contributed by atoms with Gasteiger partial charge in [-0.2, -0.15) is 0 Å². The van der Waals surface area contributed by atoms with Crippen molar-refractivity contribution in [2.24, 2.45) is 5.92 Å². The third-order valence-corrected chi connectivity index (χ3v) is 6.12. The van der Waals surface area contributed by atoms with Crippen molar-refractivity contribution in [3.05, 3.63) is 131 Å². The summed E-state index contributed by atoms with van der Waals surface area (Å²) >= 11 is 0. The van der Waals surface area contributed by atoms with E-state index < -0.39 is 6.10 Å². The highest BCUT2D eigenvalue weighted by Gasteiger charge is 2.20. The maximum absolute atomic E-state index is 13.0. The van der Waals surface area contributed by atoms with Gasteiger partial charge in [-0.1, -0.05) is 117 Å². The molecule has 0 spiro atoms. The molecule has 33 heavy (non-hydrogen) atoms. The SMILES string of the molecule is CC[C@@H](C)Cc1ccc(-c2ccc(C(=O)OC(c3ccccc3)c3ccccc3)cc2)cc1. The van der Waals surface area contributed by atoms with Crippen LogP contribution in [0.3, 0.4) is 0 Å². The second-order valence-corrected chi connectivity index (χ2v) is 8.60. The zero-order valence-corrected chi connectivity index (χ0v) is 19.3. The summed E-state index contributed by atoms with van der Waals surface area (Å²) in [7, 11) is 0. The molecule has 0 radical (unpaired) electrons. The zero-order valence-electron chi connectivity index (χ0n) is 19.3. The number of carbonyl (C=O) groups is 1. The van der Waals surface area contributed by atoms with E-state index in [-0.39, 0.29) is 5.97 Å². The van der Waals surface area contributed by atoms with Crippen LogP contribution in [-0.4, -0.2) is 5.97 Å². The molecule has 0 saturated heterocycles. The van der Waals surface area contributed by atoms with Crippen LogP contribution in [0.5, 0.6) is 0 Å². The molecule has 0 N–H and O–H groups in total. The molecule has 4 rings (SSSR count). The Balaban J connectivity index is 1.49. The van der Waals surface area contributed by atoms with Gasteiger partial charge in [0, 0.05) is 0 Å². The fraction of sp³-hybridized carbons (Fsp3) is 0.194. The van der Waals surface area contributed by atoms with E-state index in [1.54, 1.807) is 0 Å². The van der Waals surface area contributed by atoms with Gasteiger partial charge in [-0.15, -0.1) is 0 Å². The van der Waals surface area contributed by atoms with Crippen LogP contribution < -0.4 is 0 Å². The summed E-state index contributed by atoms with van der Waals surface area (Å²) in [4.78, 5) is 13.0. The Kier molecular flexibility index (Phi) is 7.36. The Morgan fingerprint density at radius 2 is 1.18 bits per heavy atom. The number of hydrogen-bond acceptors (Lipinski definition) is 2. The first-order valence-electron chi connectivity index (χ1n) is 11.6. The summed E-state index contributed by atoms with van der Waals surface area (Å²) in [5, 5.41) is 0. The van der Waals surface area contributed by atoms with Gasteiger partial charge in [0.15, 0.2) is 6.10 Å². The fourth-order valence-corrected chi connectivity index (χ4v) is 3.94. The Morgan fingerprint density at radius 1 is 0.697 bits per heavy atom. The molecule has 4 aromatic rings. The van der Waals surface area contributed by atoms with E-state index in [4.69, 9.17) is 4.74 Å². The van der Waals surface area contributed by atoms with Crippen molar-refractivity contribution in [3.8, 4) is 11.1 Å². The molecule has 1 atom stereocenters. The van der Waals surface area contributed by atoms with Crippen LogP contribution in [0.25, 0.3) is 11.1 Å². The molecule has 2 nitrogen and oxygen atoms in total. The van der Waals surface area contributed by atoms with Gasteiger partial charge in [0.05, 0.1) is 5.56 Å². The van der Waals surface area contributed by atoms with Gasteiger partial charge in [0.2, 0.25) is 0 Å². The third kappa shape index (κ3) is 5.78. The highest BCUT2D eigenvalue weighted by Crippen LogP contribution is 2.28. The minimum atomic E-state index is -0.447. The van der Waals surface area contributed by atoms with E-state index in [1.165, 1.54) is 12.0 Å². The van der Waals surface area contributed by atoms with E-state index >= 15 is 0 Å². The maximum Gasteiger partial charge on any atom is 0.339 e. The van der Waals surface area contributed by atoms with E-state index in [0.717, 1.165) is 28.7 Å². The zero-order chi connectivity index (χ0) is 23.0. The molecule has 0 aliphatic rings. The second-order valence-electron chi connectivity index (χ2n) is 8.60. The van der Waals surface area contributed by atoms with E-state index in [1.807, 2.05) is 84.9 Å². The summed E-state index contributed by atoms with van der Waals surface area (Å²) in [6, 6.07) is 36.1. The molecule has 0 aliphatic carbocycles. The summed E-state index contributed by atoms with van der Waals surface area (Å²) in [5.74, 6) is 0.361. The van der Waals surface area contributed by atoms with E-state index in [2.05, 4.69) is 38.1 Å². The molecule has 0 aromatic heterocycles. The van der Waals surface area contributed by atoms with Crippen LogP contribution in [-0.2, 0) is 11.2 Å². The van der Waals surface area contributed by atoms with Gasteiger partial charge >= 0.3 is 5.97 Å². The number of hydrogen-bond donors (Lipinski definition) is 0. The maximum atomic E-state index is 13.0. The molecular formula is C31H30O2. The lowest BCUT2D eigenvalue weighted by Gasteiger charge is -2.19. The molecule has 4 aromatic carbocycles. The third-order valence-electron chi connectivity index (χ3n) is 6.12. The summed E-state index contributed by atoms with van der Waals surface area (Å²) < 4.78 is 5.98. The van der Waals surface area contributed by atoms with Gasteiger partial charge in [0.1, 0.15) is 0 Å². The Hall–Kier alpha value is -3.65. The number of ether oxygens (including phenoxy) is 1. The standard InChI is InChI=1S/C31H30O2/c1-3-23(2)22-24-14-16-25(17-15-24)26-18-20-29(21-19-26)31(32)33-30(27-10-6-4-7-11-27)28-12-8-5-9-13-28/h4-21,23,30H,3,22H2,1-2H3/t23-/m1/s1. The molecule has 0 unspecified atom stereocenters. The molecule has 0 fully saturated rings. The van der Waals surface area contributed by atoms with Crippen LogP contribution in [0.1, 0.15) is 53.4 Å². The number of rotatable bonds is 8. The van der Waals surface area contributed by atoms with Gasteiger partial charge < -0.3 is 4.74 Å². The number of esters is 1. The lowest BCUT2D eigenvalue weighted by atomic mass is 9.96. The topological polar surface area (TPSA) is 26.3 Å². The normalized spacial score (nSPS) is 11.8. The molecule has 0 bridgehead atoms. The molecule has 0 amide bonds. The van der Waals surface area contributed by atoms with Crippen molar-refractivity contribution in [2.75, 3.05) is 0 Å². The van der Waals surface area contributed by atoms with Crippen LogP contribution in [0.4, 0.5) is 0 Å². The lowest BCUT2D eigenvalue weighted by molar-refractivity contribution is 0.0378. The Bertz CT molecular complexity index is 1110. The highest BCUT2D eigenvalue weighted by molar-refractivity contribution is 5.90. The fourth-order valence-electron chi connectivity index (χ4n) is 3.94. The average Bonchev–Trinajstić information content (AvgIpc) is 2.88. The quantitative estimate of drug-likeness (QED) is 0.264. The van der Waals surface area contributed by atoms with E-state index in [9.17, 15) is 4.79 Å². The molecule has 0 heterocycles. The van der Waals surface area contributed by atoms with E-state index in [0.29, 0.717) is 11.5 Å². The van der Waals surface area contributed by atoms with Crippen molar-refractivity contribution in [2.45, 2.75) is 32.8 Å². The first kappa shape index (κ1) is 22.5. The summed E-state index contributed by atoms with van der Waals surface area (Å²) in [6.07, 6.45) is 1.85. The monoisotopic (exact) mass is 434 g/mol. The minimum absolute atomic E-state index is 0.330. The largest absolute Gasteiger partial charge is 0.449 e. The molecule has 0 saturated carbocycles. The molecule has 0 aliphatic heterocycles. The van der Waals surface area contributed by atoms with Gasteiger partial charge in [-0.25, -0.2) is 4.79 Å². The summed E-state index contributed by atoms with van der Waals surface area (Å²) in [6.45, 7) is 4.51. The predicted molar refractivity (Wildman–Crippen MR) is 135 cm³/mol. The molecule has 2 heteroatoms. The van der Waals surface area contributed by atoms with Crippen LogP contribution in [0.2, 0.25) is 0 Å². The average molecular weight is 435 g/mol. The van der Waals surface area contributed by atoms with Crippen LogP contribution in [0.15, 0.2) is 109 Å². The second kappa shape index (κ2) is 10.8. The minimum Gasteiger partial charge on any atom is -0.449 e. The predicted octanol–water partition coefficient (Wildman–Crippen LogP) is 7.89. The first-order valence-corrected chi connectivity index (χ1v) is 11.6. The van der Waals surface area contributed by atoms with Gasteiger partial charge in [-0.05, 0) is 52.3 Å². The molecule has 166 valence electrons. The lowest BCUT2D eigenvalue weighted by Crippen LogP contribution is -2.13. The van der Waals surface area contributed by atoms with Crippen molar-refractivity contribution < 1.29 is 9.53 Å². The Labute approximate surface area is 196 Å². The van der Waals surface area contributed by atoms with Crippen molar-refractivity contribution in [1.29, 1.82) is 0 Å². The first-order chi connectivity index (χ1) is 16.1. The molecular weight excluding hydrogens is 404 g/mol. The number of carbonyl (C=O) groups excluding carboxylic acids is 1. The van der Waals surface area contributed by atoms with Gasteiger partial charge in [0.25, 0.3) is 0 Å². The number of benzene rings is 4. The van der Waals surface area contributed by atoms with Crippen molar-refractivity contribution in [1.82, 2.24) is 0 Å². The summed E-state index contributed by atoms with van der Waals surface area (Å²) in [5.41, 5.74) is 6.04. The smallest absolute Gasteiger partial charge is 0.339 e. The van der Waals surface area contributed by atoms with Gasteiger partial charge in [-0.3, -0.25) is 0 Å². The van der Waals surface area contributed by atoms with Crippen molar-refractivity contribution in [3.63, 3.8) is 0 Å². The van der Waals surface area contributed by atoms with Crippen molar-refractivity contribution >= 4 is 5.97 Å². The highest BCUT2D eigenvalue weighted by atomic mass is 16.5. The van der Waals surface area contributed by atoms with Crippen LogP contribution >= 0.6 is 0 Å².